The maximum Gasteiger partial charge on any atom is 0.265 e. The molecule has 1 N–H and O–H groups in total. The van der Waals surface area contributed by atoms with Crippen LogP contribution in [0.25, 0.3) is 0 Å². The molecule has 1 aliphatic carbocycles. The Hall–Kier alpha value is -1.27. The minimum absolute atomic E-state index is 0.119. The SMILES string of the molecule is COc1ccc(C(=O)NCC2CC2)cc1S(=O)(=O)Cl. The topological polar surface area (TPSA) is 72.5 Å². The van der Waals surface area contributed by atoms with Gasteiger partial charge in [-0.15, -0.1) is 0 Å². The van der Waals surface area contributed by atoms with Crippen molar-refractivity contribution >= 4 is 25.6 Å². The van der Waals surface area contributed by atoms with Crippen LogP contribution in [0.1, 0.15) is 23.2 Å². The van der Waals surface area contributed by atoms with Crippen molar-refractivity contribution in [1.29, 1.82) is 0 Å². The number of carbonyl (C=O) groups excluding carboxylic acids is 1. The van der Waals surface area contributed by atoms with E-state index in [9.17, 15) is 13.2 Å². The largest absolute Gasteiger partial charge is 0.495 e. The van der Waals surface area contributed by atoms with Gasteiger partial charge in [0.2, 0.25) is 0 Å². The first-order valence-corrected chi connectivity index (χ1v) is 8.13. The number of ether oxygens (including phenoxy) is 1. The van der Waals surface area contributed by atoms with Crippen molar-refractivity contribution in [3.8, 4) is 5.75 Å². The first-order valence-electron chi connectivity index (χ1n) is 5.82. The molecule has 0 spiro atoms. The van der Waals surface area contributed by atoms with E-state index in [0.29, 0.717) is 12.5 Å². The number of halogens is 1. The van der Waals surface area contributed by atoms with Crippen molar-refractivity contribution < 1.29 is 17.9 Å². The summed E-state index contributed by atoms with van der Waals surface area (Å²) in [5.74, 6) is 0.364. The smallest absolute Gasteiger partial charge is 0.265 e. The highest BCUT2D eigenvalue weighted by Crippen LogP contribution is 2.29. The Kier molecular flexibility index (Phi) is 4.01. The molecule has 0 aliphatic heterocycles. The van der Waals surface area contributed by atoms with Gasteiger partial charge < -0.3 is 10.1 Å². The number of hydrogen-bond acceptors (Lipinski definition) is 4. The zero-order valence-electron chi connectivity index (χ0n) is 10.3. The summed E-state index contributed by atoms with van der Waals surface area (Å²) in [6.07, 6.45) is 2.26. The molecule has 0 unspecified atom stereocenters. The van der Waals surface area contributed by atoms with E-state index in [-0.39, 0.29) is 22.1 Å². The van der Waals surface area contributed by atoms with Crippen molar-refractivity contribution in [2.45, 2.75) is 17.7 Å². The lowest BCUT2D eigenvalue weighted by molar-refractivity contribution is 0.0951. The first kappa shape index (κ1) is 14.1. The number of nitrogens with one attached hydrogen (secondary N) is 1. The van der Waals surface area contributed by atoms with Crippen LogP contribution in [0.15, 0.2) is 23.1 Å². The van der Waals surface area contributed by atoms with Crippen LogP contribution in [0, 0.1) is 5.92 Å². The third kappa shape index (κ3) is 3.61. The molecule has 0 saturated heterocycles. The molecule has 5 nitrogen and oxygen atoms in total. The Bertz CT molecular complexity index is 596. The molecule has 0 atom stereocenters. The van der Waals surface area contributed by atoms with Crippen molar-refractivity contribution in [3.05, 3.63) is 23.8 Å². The highest BCUT2D eigenvalue weighted by atomic mass is 35.7. The number of rotatable bonds is 5. The Balaban J connectivity index is 2.23. The van der Waals surface area contributed by atoms with Crippen LogP contribution in [0.2, 0.25) is 0 Å². The van der Waals surface area contributed by atoms with Crippen molar-refractivity contribution in [1.82, 2.24) is 5.32 Å². The normalized spacial score (nSPS) is 15.1. The lowest BCUT2D eigenvalue weighted by atomic mass is 10.2. The second kappa shape index (κ2) is 5.38. The van der Waals surface area contributed by atoms with Crippen LogP contribution >= 0.6 is 10.7 Å². The Morgan fingerprint density at radius 1 is 1.47 bits per heavy atom. The van der Waals surface area contributed by atoms with Crippen LogP contribution in [-0.2, 0) is 9.05 Å². The lowest BCUT2D eigenvalue weighted by Gasteiger charge is -2.08. The van der Waals surface area contributed by atoms with E-state index in [4.69, 9.17) is 15.4 Å². The second-order valence-electron chi connectivity index (χ2n) is 4.46. The number of amides is 1. The standard InChI is InChI=1S/C12H14ClNO4S/c1-18-10-5-4-9(6-11(10)19(13,16)17)12(15)14-7-8-2-3-8/h4-6,8H,2-3,7H2,1H3,(H,14,15). The summed E-state index contributed by atoms with van der Waals surface area (Å²) in [5.41, 5.74) is 0.251. The van der Waals surface area contributed by atoms with E-state index < -0.39 is 9.05 Å². The summed E-state index contributed by atoms with van der Waals surface area (Å²) in [6.45, 7) is 0.619. The molecule has 1 aromatic rings. The predicted molar refractivity (Wildman–Crippen MR) is 71.1 cm³/mol. The second-order valence-corrected chi connectivity index (χ2v) is 6.99. The third-order valence-corrected chi connectivity index (χ3v) is 4.28. The molecule has 19 heavy (non-hydrogen) atoms. The van der Waals surface area contributed by atoms with Gasteiger partial charge in [-0.25, -0.2) is 8.42 Å². The first-order chi connectivity index (χ1) is 8.91. The average molecular weight is 304 g/mol. The molecule has 0 heterocycles. The van der Waals surface area contributed by atoms with Gasteiger partial charge in [0.05, 0.1) is 7.11 Å². The van der Waals surface area contributed by atoms with Gasteiger partial charge >= 0.3 is 0 Å². The van der Waals surface area contributed by atoms with E-state index in [1.54, 1.807) is 0 Å². The molecule has 1 amide bonds. The number of benzene rings is 1. The van der Waals surface area contributed by atoms with Gasteiger partial charge in [0.25, 0.3) is 15.0 Å². The minimum atomic E-state index is -3.95. The molecular formula is C12H14ClNO4S. The van der Waals surface area contributed by atoms with Crippen LogP contribution in [-0.4, -0.2) is 28.0 Å². The number of hydrogen-bond donors (Lipinski definition) is 1. The van der Waals surface area contributed by atoms with E-state index >= 15 is 0 Å². The van der Waals surface area contributed by atoms with Gasteiger partial charge in [-0.3, -0.25) is 4.79 Å². The van der Waals surface area contributed by atoms with E-state index in [2.05, 4.69) is 5.32 Å². The molecule has 0 aromatic heterocycles. The third-order valence-electron chi connectivity index (χ3n) is 2.94. The number of carbonyl (C=O) groups is 1. The van der Waals surface area contributed by atoms with Gasteiger partial charge in [0.1, 0.15) is 10.6 Å². The summed E-state index contributed by atoms with van der Waals surface area (Å²) in [6, 6.07) is 4.15. The summed E-state index contributed by atoms with van der Waals surface area (Å²) in [7, 11) is 2.70. The molecule has 2 rings (SSSR count). The summed E-state index contributed by atoms with van der Waals surface area (Å²) >= 11 is 0. The van der Waals surface area contributed by atoms with Crippen LogP contribution in [0.4, 0.5) is 0 Å². The Labute approximate surface area is 116 Å². The minimum Gasteiger partial charge on any atom is -0.495 e. The van der Waals surface area contributed by atoms with E-state index in [1.165, 1.54) is 25.3 Å². The highest BCUT2D eigenvalue weighted by Gasteiger charge is 2.23. The molecule has 1 saturated carbocycles. The monoisotopic (exact) mass is 303 g/mol. The molecule has 7 heteroatoms. The summed E-state index contributed by atoms with van der Waals surface area (Å²) in [4.78, 5) is 11.7. The van der Waals surface area contributed by atoms with E-state index in [1.807, 2.05) is 0 Å². The van der Waals surface area contributed by atoms with E-state index in [0.717, 1.165) is 12.8 Å². The van der Waals surface area contributed by atoms with Crippen LogP contribution < -0.4 is 10.1 Å². The van der Waals surface area contributed by atoms with Gasteiger partial charge in [0, 0.05) is 22.8 Å². The molecule has 104 valence electrons. The average Bonchev–Trinajstić information content (AvgIpc) is 3.18. The Morgan fingerprint density at radius 3 is 2.68 bits per heavy atom. The highest BCUT2D eigenvalue weighted by molar-refractivity contribution is 8.13. The summed E-state index contributed by atoms with van der Waals surface area (Å²) in [5, 5.41) is 2.76. The van der Waals surface area contributed by atoms with Gasteiger partial charge in [0.15, 0.2) is 0 Å². The molecule has 1 fully saturated rings. The molecule has 1 aliphatic rings. The molecule has 0 bridgehead atoms. The fraction of sp³-hybridized carbons (Fsp3) is 0.417. The van der Waals surface area contributed by atoms with Gasteiger partial charge in [-0.05, 0) is 37.0 Å². The molecular weight excluding hydrogens is 290 g/mol. The summed E-state index contributed by atoms with van der Waals surface area (Å²) < 4.78 is 27.8. The van der Waals surface area contributed by atoms with Crippen LogP contribution in [0.3, 0.4) is 0 Å². The van der Waals surface area contributed by atoms with Crippen molar-refractivity contribution in [3.63, 3.8) is 0 Å². The zero-order chi connectivity index (χ0) is 14.0. The Morgan fingerprint density at radius 2 is 2.16 bits per heavy atom. The zero-order valence-corrected chi connectivity index (χ0v) is 11.9. The molecule has 0 radical (unpaired) electrons. The van der Waals surface area contributed by atoms with Gasteiger partial charge in [-0.2, -0.15) is 0 Å². The lowest BCUT2D eigenvalue weighted by Crippen LogP contribution is -2.25. The van der Waals surface area contributed by atoms with Gasteiger partial charge in [-0.1, -0.05) is 0 Å². The van der Waals surface area contributed by atoms with Crippen molar-refractivity contribution in [2.75, 3.05) is 13.7 Å². The molecule has 1 aromatic carbocycles. The van der Waals surface area contributed by atoms with Crippen LogP contribution in [0.5, 0.6) is 5.75 Å². The fourth-order valence-corrected chi connectivity index (χ4v) is 2.69. The number of methoxy groups -OCH3 is 1. The maximum atomic E-state index is 11.9. The van der Waals surface area contributed by atoms with Crippen molar-refractivity contribution in [2.24, 2.45) is 5.92 Å². The predicted octanol–water partition coefficient (Wildman–Crippen LogP) is 1.76. The quantitative estimate of drug-likeness (QED) is 0.841. The fourth-order valence-electron chi connectivity index (χ4n) is 1.67. The maximum absolute atomic E-state index is 11.9.